The Morgan fingerprint density at radius 1 is 1.26 bits per heavy atom. The molecular formula is C20H20N4O2S. The van der Waals surface area contributed by atoms with E-state index < -0.39 is 5.97 Å². The number of aromatic nitrogens is 3. The molecule has 27 heavy (non-hydrogen) atoms. The number of rotatable bonds is 7. The van der Waals surface area contributed by atoms with Crippen molar-refractivity contribution in [3.05, 3.63) is 64.1 Å². The van der Waals surface area contributed by atoms with Crippen molar-refractivity contribution in [3.8, 4) is 11.5 Å². The summed E-state index contributed by atoms with van der Waals surface area (Å²) in [5.41, 5.74) is 3.66. The van der Waals surface area contributed by atoms with Gasteiger partial charge < -0.3 is 10.4 Å². The normalized spacial score (nSPS) is 10.6. The molecule has 0 unspecified atom stereocenters. The Bertz CT molecular complexity index is 980. The molecule has 0 spiro atoms. The van der Waals surface area contributed by atoms with Gasteiger partial charge in [0.25, 0.3) is 0 Å². The summed E-state index contributed by atoms with van der Waals surface area (Å²) in [6, 6.07) is 6.57. The van der Waals surface area contributed by atoms with Gasteiger partial charge in [-0.3, -0.25) is 0 Å². The number of carboxylic acid groups (broad SMARTS) is 1. The van der Waals surface area contributed by atoms with E-state index in [4.69, 9.17) is 15.1 Å². The summed E-state index contributed by atoms with van der Waals surface area (Å²) in [5, 5.41) is 15.3. The number of carboxylic acids is 1. The molecule has 0 aliphatic rings. The van der Waals surface area contributed by atoms with Crippen molar-refractivity contribution in [1.29, 1.82) is 0 Å². The molecule has 138 valence electrons. The maximum atomic E-state index is 11.0. The molecule has 3 aromatic rings. The number of anilines is 2. The molecule has 3 rings (SSSR count). The zero-order valence-corrected chi connectivity index (χ0v) is 16.0. The first-order valence-electron chi connectivity index (χ1n) is 8.55. The maximum Gasteiger partial charge on any atom is 0.335 e. The minimum absolute atomic E-state index is 0.238. The van der Waals surface area contributed by atoms with Crippen molar-refractivity contribution in [2.45, 2.75) is 26.7 Å². The minimum atomic E-state index is -0.953. The third-order valence-electron chi connectivity index (χ3n) is 4.02. The van der Waals surface area contributed by atoms with Crippen molar-refractivity contribution in [1.82, 2.24) is 15.0 Å². The maximum absolute atomic E-state index is 11.0. The number of nitrogens with zero attached hydrogens (tertiary/aromatic N) is 3. The fourth-order valence-electron chi connectivity index (χ4n) is 2.70. The van der Waals surface area contributed by atoms with E-state index in [9.17, 15) is 4.79 Å². The lowest BCUT2D eigenvalue weighted by Crippen LogP contribution is -2.07. The predicted molar refractivity (Wildman–Crippen MR) is 108 cm³/mol. The Morgan fingerprint density at radius 2 is 2.00 bits per heavy atom. The summed E-state index contributed by atoms with van der Waals surface area (Å²) < 4.78 is 0. The molecule has 6 nitrogen and oxygen atoms in total. The average molecular weight is 380 g/mol. The lowest BCUT2D eigenvalue weighted by Gasteiger charge is -2.15. The first kappa shape index (κ1) is 18.7. The van der Waals surface area contributed by atoms with Crippen LogP contribution in [0.1, 0.15) is 33.5 Å². The van der Waals surface area contributed by atoms with Crippen LogP contribution in [0.5, 0.6) is 0 Å². The fraction of sp³-hybridized carbons (Fsp3) is 0.200. The third-order valence-corrected chi connectivity index (χ3v) is 4.79. The number of aromatic carboxylic acids is 1. The van der Waals surface area contributed by atoms with Crippen LogP contribution in [0.15, 0.2) is 42.3 Å². The second kappa shape index (κ2) is 8.09. The number of benzene rings is 1. The lowest BCUT2D eigenvalue weighted by molar-refractivity contribution is 0.0697. The summed E-state index contributed by atoms with van der Waals surface area (Å²) >= 11 is 1.56. The molecule has 7 heteroatoms. The Balaban J connectivity index is 2.04. The molecule has 1 aromatic carbocycles. The van der Waals surface area contributed by atoms with Crippen LogP contribution >= 0.6 is 11.3 Å². The standard InChI is InChI=1S/C20H20N4O2S/c1-4-6-15-16(5-2)23-19(17-11-27-12(3)21-17)24-18(15)22-14-9-7-13(8-10-14)20(25)26/h4,7-11H,1,5-6H2,2-3H3,(H,25,26)(H,22,23,24). The molecule has 0 aliphatic heterocycles. The Morgan fingerprint density at radius 3 is 2.56 bits per heavy atom. The van der Waals surface area contributed by atoms with Gasteiger partial charge in [-0.15, -0.1) is 17.9 Å². The first-order chi connectivity index (χ1) is 13.0. The Kier molecular flexibility index (Phi) is 5.61. The van der Waals surface area contributed by atoms with Crippen LogP contribution in [0, 0.1) is 6.92 Å². The van der Waals surface area contributed by atoms with E-state index in [2.05, 4.69) is 23.8 Å². The largest absolute Gasteiger partial charge is 0.478 e. The van der Waals surface area contributed by atoms with E-state index in [1.54, 1.807) is 35.6 Å². The second-order valence-corrected chi connectivity index (χ2v) is 6.99. The monoisotopic (exact) mass is 380 g/mol. The summed E-state index contributed by atoms with van der Waals surface area (Å²) in [4.78, 5) is 24.9. The highest BCUT2D eigenvalue weighted by Gasteiger charge is 2.15. The number of hydrogen-bond donors (Lipinski definition) is 2. The SMILES string of the molecule is C=CCc1c(CC)nc(-c2csc(C)n2)nc1Nc1ccc(C(=O)O)cc1. The van der Waals surface area contributed by atoms with Crippen LogP contribution in [0.25, 0.3) is 11.5 Å². The minimum Gasteiger partial charge on any atom is -0.478 e. The number of allylic oxidation sites excluding steroid dienone is 1. The van der Waals surface area contributed by atoms with Crippen molar-refractivity contribution in [2.75, 3.05) is 5.32 Å². The van der Waals surface area contributed by atoms with Gasteiger partial charge in [-0.05, 0) is 44.0 Å². The molecular weight excluding hydrogens is 360 g/mol. The topological polar surface area (TPSA) is 88.0 Å². The number of thiazole rings is 1. The van der Waals surface area contributed by atoms with Crippen molar-refractivity contribution >= 4 is 28.8 Å². The van der Waals surface area contributed by atoms with Crippen molar-refractivity contribution in [3.63, 3.8) is 0 Å². The van der Waals surface area contributed by atoms with Gasteiger partial charge in [-0.1, -0.05) is 13.0 Å². The van der Waals surface area contributed by atoms with Gasteiger partial charge in [0.1, 0.15) is 11.5 Å². The molecule has 2 heterocycles. The van der Waals surface area contributed by atoms with Gasteiger partial charge in [-0.2, -0.15) is 0 Å². The Labute approximate surface area is 161 Å². The number of nitrogens with one attached hydrogen (secondary N) is 1. The molecule has 0 saturated heterocycles. The van der Waals surface area contributed by atoms with Crippen LogP contribution < -0.4 is 5.32 Å². The quantitative estimate of drug-likeness (QED) is 0.581. The summed E-state index contributed by atoms with van der Waals surface area (Å²) in [7, 11) is 0. The zero-order chi connectivity index (χ0) is 19.4. The number of hydrogen-bond acceptors (Lipinski definition) is 6. The number of aryl methyl sites for hydroxylation is 2. The molecule has 2 N–H and O–H groups in total. The first-order valence-corrected chi connectivity index (χ1v) is 9.43. The van der Waals surface area contributed by atoms with Crippen molar-refractivity contribution < 1.29 is 9.90 Å². The van der Waals surface area contributed by atoms with Gasteiger partial charge in [0.2, 0.25) is 0 Å². The zero-order valence-electron chi connectivity index (χ0n) is 15.2. The van der Waals surface area contributed by atoms with Gasteiger partial charge in [-0.25, -0.2) is 19.7 Å². The molecule has 0 aliphatic carbocycles. The lowest BCUT2D eigenvalue weighted by atomic mass is 10.1. The van der Waals surface area contributed by atoms with E-state index >= 15 is 0 Å². The fourth-order valence-corrected chi connectivity index (χ4v) is 3.29. The summed E-state index contributed by atoms with van der Waals surface area (Å²) in [5.74, 6) is 0.310. The molecule has 0 bridgehead atoms. The molecule has 0 saturated carbocycles. The Hall–Kier alpha value is -3.06. The predicted octanol–water partition coefficient (Wildman–Crippen LogP) is 4.64. The second-order valence-electron chi connectivity index (χ2n) is 5.93. The molecule has 2 aromatic heterocycles. The highest BCUT2D eigenvalue weighted by Crippen LogP contribution is 2.27. The highest BCUT2D eigenvalue weighted by molar-refractivity contribution is 7.09. The van der Waals surface area contributed by atoms with Gasteiger partial charge in [0, 0.05) is 22.3 Å². The van der Waals surface area contributed by atoms with E-state index in [-0.39, 0.29) is 5.56 Å². The number of carbonyl (C=O) groups is 1. The third kappa shape index (κ3) is 4.20. The van der Waals surface area contributed by atoms with Gasteiger partial charge in [0.05, 0.1) is 10.6 Å². The molecule has 0 amide bonds. The summed E-state index contributed by atoms with van der Waals surface area (Å²) in [6.07, 6.45) is 3.22. The van der Waals surface area contributed by atoms with Crippen LogP contribution in [0.2, 0.25) is 0 Å². The molecule has 0 radical (unpaired) electrons. The van der Waals surface area contributed by atoms with Crippen molar-refractivity contribution in [2.24, 2.45) is 0 Å². The molecule has 0 atom stereocenters. The van der Waals surface area contributed by atoms with E-state index in [1.165, 1.54) is 0 Å². The van der Waals surface area contributed by atoms with Crippen LogP contribution in [-0.2, 0) is 12.8 Å². The highest BCUT2D eigenvalue weighted by atomic mass is 32.1. The van der Waals surface area contributed by atoms with Gasteiger partial charge >= 0.3 is 5.97 Å². The van der Waals surface area contributed by atoms with Crippen LogP contribution in [0.3, 0.4) is 0 Å². The summed E-state index contributed by atoms with van der Waals surface area (Å²) in [6.45, 7) is 7.84. The smallest absolute Gasteiger partial charge is 0.335 e. The van der Waals surface area contributed by atoms with E-state index in [0.29, 0.717) is 18.1 Å². The molecule has 0 fully saturated rings. The average Bonchev–Trinajstić information content (AvgIpc) is 3.10. The van der Waals surface area contributed by atoms with Gasteiger partial charge in [0.15, 0.2) is 5.82 Å². The van der Waals surface area contributed by atoms with E-state index in [1.807, 2.05) is 18.4 Å². The van der Waals surface area contributed by atoms with E-state index in [0.717, 1.165) is 34.1 Å². The van der Waals surface area contributed by atoms with Crippen LogP contribution in [-0.4, -0.2) is 26.0 Å². The van der Waals surface area contributed by atoms with Crippen LogP contribution in [0.4, 0.5) is 11.5 Å².